The number of piperidine rings is 1. The monoisotopic (exact) mass is 292 g/mol. The topological polar surface area (TPSA) is 82.5 Å². The average Bonchev–Trinajstić information content (AvgIpc) is 2.97. The van der Waals surface area contributed by atoms with E-state index in [1.165, 1.54) is 38.1 Å². The highest BCUT2D eigenvalue weighted by Gasteiger charge is 2.30. The number of ketones is 1. The second-order valence-corrected chi connectivity index (χ2v) is 5.87. The van der Waals surface area contributed by atoms with Crippen LogP contribution in [0.4, 0.5) is 5.69 Å². The highest BCUT2D eigenvalue weighted by molar-refractivity contribution is 5.96. The number of Topliss-reactive ketones (excluding diaryl/α,β-unsaturated/α-hetero) is 1. The van der Waals surface area contributed by atoms with Gasteiger partial charge in [0.1, 0.15) is 0 Å². The van der Waals surface area contributed by atoms with Crippen molar-refractivity contribution in [2.24, 2.45) is 0 Å². The van der Waals surface area contributed by atoms with E-state index in [9.17, 15) is 14.9 Å². The van der Waals surface area contributed by atoms with Gasteiger partial charge >= 0.3 is 0 Å². The lowest BCUT2D eigenvalue weighted by Gasteiger charge is -2.43. The van der Waals surface area contributed by atoms with Crippen LogP contribution in [0.15, 0.2) is 12.3 Å². The van der Waals surface area contributed by atoms with Gasteiger partial charge in [-0.15, -0.1) is 0 Å². The maximum Gasteiger partial charge on any atom is 0.287 e. The van der Waals surface area contributed by atoms with E-state index in [1.807, 2.05) is 0 Å². The molecule has 0 saturated carbocycles. The normalized spacial score (nSPS) is 23.7. The van der Waals surface area contributed by atoms with Crippen LogP contribution in [0.1, 0.15) is 29.8 Å². The number of nitrogens with zero attached hydrogens (tertiary/aromatic N) is 3. The van der Waals surface area contributed by atoms with Gasteiger partial charge < -0.3 is 4.98 Å². The Morgan fingerprint density at radius 3 is 3.00 bits per heavy atom. The first kappa shape index (κ1) is 14.2. The van der Waals surface area contributed by atoms with E-state index in [2.05, 4.69) is 14.8 Å². The largest absolute Gasteiger partial charge is 0.353 e. The van der Waals surface area contributed by atoms with Crippen molar-refractivity contribution in [2.75, 3.05) is 32.7 Å². The molecule has 1 atom stereocenters. The number of aromatic nitrogens is 1. The van der Waals surface area contributed by atoms with Crippen molar-refractivity contribution in [3.05, 3.63) is 28.1 Å². The van der Waals surface area contributed by atoms with E-state index < -0.39 is 4.92 Å². The van der Waals surface area contributed by atoms with Crippen LogP contribution in [0.5, 0.6) is 0 Å². The van der Waals surface area contributed by atoms with Gasteiger partial charge in [0.05, 0.1) is 23.4 Å². The Morgan fingerprint density at radius 1 is 1.38 bits per heavy atom. The predicted octanol–water partition coefficient (Wildman–Crippen LogP) is 1.28. The molecule has 1 N–H and O–H groups in total. The number of piperazine rings is 1. The Labute approximate surface area is 123 Å². The van der Waals surface area contributed by atoms with Gasteiger partial charge in [0.25, 0.3) is 5.69 Å². The summed E-state index contributed by atoms with van der Waals surface area (Å²) in [5.41, 5.74) is 0.267. The Hall–Kier alpha value is -1.73. The lowest BCUT2D eigenvalue weighted by Crippen LogP contribution is -2.55. The lowest BCUT2D eigenvalue weighted by atomic mass is 9.99. The Balaban J connectivity index is 1.58. The zero-order valence-electron chi connectivity index (χ0n) is 12.0. The molecule has 2 saturated heterocycles. The number of aromatic amines is 1. The zero-order chi connectivity index (χ0) is 14.8. The van der Waals surface area contributed by atoms with Crippen molar-refractivity contribution < 1.29 is 9.72 Å². The second-order valence-electron chi connectivity index (χ2n) is 5.87. The predicted molar refractivity (Wildman–Crippen MR) is 77.4 cm³/mol. The van der Waals surface area contributed by atoms with Crippen LogP contribution in [-0.4, -0.2) is 64.3 Å². The summed E-state index contributed by atoms with van der Waals surface area (Å²) in [5.74, 6) is -0.0765. The van der Waals surface area contributed by atoms with E-state index in [-0.39, 0.29) is 11.5 Å². The first-order valence-electron chi connectivity index (χ1n) is 7.46. The van der Waals surface area contributed by atoms with Crippen LogP contribution in [0, 0.1) is 10.1 Å². The first-order chi connectivity index (χ1) is 10.1. The molecule has 0 radical (unpaired) electrons. The standard InChI is InChI=1S/C14H20N4O3/c19-14(13-7-12(8-15-13)18(20)21)10-16-5-6-17-4-2-1-3-11(17)9-16/h7-8,11,15H,1-6,9-10H2. The smallest absolute Gasteiger partial charge is 0.287 e. The zero-order valence-corrected chi connectivity index (χ0v) is 12.0. The molecule has 0 bridgehead atoms. The Morgan fingerprint density at radius 2 is 2.24 bits per heavy atom. The number of H-pyrrole nitrogens is 1. The molecule has 0 aliphatic carbocycles. The number of hydrogen-bond donors (Lipinski definition) is 1. The molecule has 7 heteroatoms. The highest BCUT2D eigenvalue weighted by atomic mass is 16.6. The quantitative estimate of drug-likeness (QED) is 0.513. The first-order valence-corrected chi connectivity index (χ1v) is 7.46. The molecular formula is C14H20N4O3. The minimum atomic E-state index is -0.492. The number of carbonyl (C=O) groups excluding carboxylic acids is 1. The number of hydrogen-bond acceptors (Lipinski definition) is 5. The second kappa shape index (κ2) is 5.95. The fraction of sp³-hybridized carbons (Fsp3) is 0.643. The fourth-order valence-electron chi connectivity index (χ4n) is 3.30. The van der Waals surface area contributed by atoms with Crippen LogP contribution >= 0.6 is 0 Å². The molecule has 21 heavy (non-hydrogen) atoms. The third-order valence-corrected chi connectivity index (χ3v) is 4.47. The number of nitro groups is 1. The molecule has 0 aromatic carbocycles. The third-order valence-electron chi connectivity index (χ3n) is 4.47. The summed E-state index contributed by atoms with van der Waals surface area (Å²) >= 11 is 0. The van der Waals surface area contributed by atoms with Crippen molar-refractivity contribution in [1.29, 1.82) is 0 Å². The summed E-state index contributed by atoms with van der Waals surface area (Å²) in [6.45, 7) is 4.35. The van der Waals surface area contributed by atoms with Crippen molar-refractivity contribution in [3.8, 4) is 0 Å². The van der Waals surface area contributed by atoms with Gasteiger partial charge in [-0.1, -0.05) is 6.42 Å². The number of rotatable bonds is 4. The van der Waals surface area contributed by atoms with Crippen LogP contribution in [0.25, 0.3) is 0 Å². The molecule has 0 spiro atoms. The van der Waals surface area contributed by atoms with Crippen LogP contribution in [0.2, 0.25) is 0 Å². The molecule has 3 heterocycles. The Bertz CT molecular complexity index is 542. The SMILES string of the molecule is O=C(CN1CCN2CCCCC2C1)c1cc([N+](=O)[O-])c[nH]1. The molecule has 2 fully saturated rings. The van der Waals surface area contributed by atoms with Crippen LogP contribution < -0.4 is 0 Å². The molecule has 1 aromatic heterocycles. The lowest BCUT2D eigenvalue weighted by molar-refractivity contribution is -0.384. The summed E-state index contributed by atoms with van der Waals surface area (Å²) in [4.78, 5) is 29.7. The van der Waals surface area contributed by atoms with Gasteiger partial charge in [0.15, 0.2) is 5.78 Å². The van der Waals surface area contributed by atoms with E-state index in [0.29, 0.717) is 18.3 Å². The van der Waals surface area contributed by atoms with Crippen molar-refractivity contribution >= 4 is 11.5 Å². The van der Waals surface area contributed by atoms with Crippen molar-refractivity contribution in [3.63, 3.8) is 0 Å². The molecule has 114 valence electrons. The van der Waals surface area contributed by atoms with E-state index in [0.717, 1.165) is 19.6 Å². The molecule has 1 unspecified atom stereocenters. The van der Waals surface area contributed by atoms with Crippen LogP contribution in [-0.2, 0) is 0 Å². The molecule has 0 amide bonds. The third kappa shape index (κ3) is 3.14. The summed E-state index contributed by atoms with van der Waals surface area (Å²) in [6, 6.07) is 1.89. The van der Waals surface area contributed by atoms with Crippen molar-refractivity contribution in [2.45, 2.75) is 25.3 Å². The molecule has 2 aliphatic heterocycles. The van der Waals surface area contributed by atoms with E-state index in [1.54, 1.807) is 0 Å². The van der Waals surface area contributed by atoms with E-state index >= 15 is 0 Å². The van der Waals surface area contributed by atoms with Gasteiger partial charge in [-0.2, -0.15) is 0 Å². The minimum Gasteiger partial charge on any atom is -0.353 e. The highest BCUT2D eigenvalue weighted by Crippen LogP contribution is 2.21. The minimum absolute atomic E-state index is 0.0598. The number of nitrogens with one attached hydrogen (secondary N) is 1. The summed E-state index contributed by atoms with van der Waals surface area (Å²) in [6.07, 6.45) is 5.03. The fourth-order valence-corrected chi connectivity index (χ4v) is 3.30. The summed E-state index contributed by atoms with van der Waals surface area (Å²) in [5, 5.41) is 10.6. The molecule has 1 aromatic rings. The van der Waals surface area contributed by atoms with Gasteiger partial charge in [0.2, 0.25) is 0 Å². The molecular weight excluding hydrogens is 272 g/mol. The summed E-state index contributed by atoms with van der Waals surface area (Å²) < 4.78 is 0. The van der Waals surface area contributed by atoms with Gasteiger partial charge in [-0.05, 0) is 19.4 Å². The average molecular weight is 292 g/mol. The van der Waals surface area contributed by atoms with E-state index in [4.69, 9.17) is 0 Å². The maximum atomic E-state index is 12.2. The van der Waals surface area contributed by atoms with Gasteiger partial charge in [0, 0.05) is 31.7 Å². The molecule has 7 nitrogen and oxygen atoms in total. The Kier molecular flexibility index (Phi) is 4.03. The van der Waals surface area contributed by atoms with Crippen molar-refractivity contribution in [1.82, 2.24) is 14.8 Å². The van der Waals surface area contributed by atoms with Gasteiger partial charge in [-0.3, -0.25) is 24.7 Å². The number of carbonyl (C=O) groups is 1. The van der Waals surface area contributed by atoms with Gasteiger partial charge in [-0.25, -0.2) is 0 Å². The molecule has 3 rings (SSSR count). The molecule has 2 aliphatic rings. The maximum absolute atomic E-state index is 12.2. The number of fused-ring (bicyclic) bond motifs is 1. The summed E-state index contributed by atoms with van der Waals surface area (Å²) in [7, 11) is 0. The van der Waals surface area contributed by atoms with Crippen LogP contribution in [0.3, 0.4) is 0 Å².